The number of ether oxygens (including phenoxy) is 2. The third-order valence-electron chi connectivity index (χ3n) is 5.47. The molecule has 1 aromatic heterocycles. The van der Waals surface area contributed by atoms with Crippen molar-refractivity contribution >= 4 is 23.8 Å². The Bertz CT molecular complexity index is 845. The Kier molecular flexibility index (Phi) is 4.66. The molecule has 0 N–H and O–H groups in total. The van der Waals surface area contributed by atoms with Crippen molar-refractivity contribution in [2.75, 3.05) is 24.6 Å². The van der Waals surface area contributed by atoms with Gasteiger partial charge in [-0.1, -0.05) is 0 Å². The van der Waals surface area contributed by atoms with Gasteiger partial charge in [0.15, 0.2) is 0 Å². The maximum atomic E-state index is 12.7. The Balaban J connectivity index is 1.54. The quantitative estimate of drug-likeness (QED) is 0.741. The number of nitrogens with zero attached hydrogens (tertiary/aromatic N) is 5. The van der Waals surface area contributed by atoms with Gasteiger partial charge in [0.2, 0.25) is 5.91 Å². The van der Waals surface area contributed by atoms with Crippen LogP contribution in [0.1, 0.15) is 39.8 Å². The summed E-state index contributed by atoms with van der Waals surface area (Å²) in [6.45, 7) is 9.55. The van der Waals surface area contributed by atoms with Crippen molar-refractivity contribution < 1.29 is 23.9 Å². The molecule has 158 valence electrons. The Hall–Kier alpha value is -2.78. The zero-order valence-corrected chi connectivity index (χ0v) is 17.3. The molecule has 0 saturated carbocycles. The molecule has 2 fully saturated rings. The number of fused-ring (bicyclic) bond motifs is 1. The summed E-state index contributed by atoms with van der Waals surface area (Å²) in [5.41, 5.74) is 0.900. The highest BCUT2D eigenvalue weighted by atomic mass is 16.6. The van der Waals surface area contributed by atoms with Crippen molar-refractivity contribution in [3.05, 3.63) is 11.9 Å². The number of anilines is 1. The third-order valence-corrected chi connectivity index (χ3v) is 5.47. The maximum Gasteiger partial charge on any atom is 0.410 e. The van der Waals surface area contributed by atoms with E-state index >= 15 is 0 Å². The number of rotatable bonds is 2. The van der Waals surface area contributed by atoms with Gasteiger partial charge < -0.3 is 14.4 Å². The zero-order valence-electron chi connectivity index (χ0n) is 17.3. The number of hydrogen-bond acceptors (Lipinski definition) is 6. The largest absolute Gasteiger partial charge is 0.448 e. The first-order valence-electron chi connectivity index (χ1n) is 9.92. The van der Waals surface area contributed by atoms with Crippen LogP contribution in [-0.4, -0.2) is 75.1 Å². The Morgan fingerprint density at radius 3 is 2.69 bits per heavy atom. The number of cyclic esters (lactones) is 1. The first kappa shape index (κ1) is 19.5. The fourth-order valence-electron chi connectivity index (χ4n) is 4.04. The van der Waals surface area contributed by atoms with Gasteiger partial charge in [-0.25, -0.2) is 9.59 Å². The van der Waals surface area contributed by atoms with Gasteiger partial charge in [-0.05, 0) is 27.7 Å². The van der Waals surface area contributed by atoms with Gasteiger partial charge >= 0.3 is 12.2 Å². The van der Waals surface area contributed by atoms with E-state index in [4.69, 9.17) is 9.47 Å². The highest BCUT2D eigenvalue weighted by Crippen LogP contribution is 2.32. The Morgan fingerprint density at radius 1 is 1.28 bits per heavy atom. The first-order chi connectivity index (χ1) is 13.6. The van der Waals surface area contributed by atoms with Gasteiger partial charge in [-0.2, -0.15) is 5.10 Å². The fourth-order valence-corrected chi connectivity index (χ4v) is 4.04. The van der Waals surface area contributed by atoms with E-state index in [1.54, 1.807) is 20.9 Å². The molecule has 0 spiro atoms. The molecule has 2 saturated heterocycles. The van der Waals surface area contributed by atoms with Gasteiger partial charge in [0.25, 0.3) is 0 Å². The molecule has 0 radical (unpaired) electrons. The monoisotopic (exact) mass is 405 g/mol. The van der Waals surface area contributed by atoms with Crippen LogP contribution in [-0.2, 0) is 27.4 Å². The number of amides is 3. The fraction of sp³-hybridized carbons (Fsp3) is 0.684. The van der Waals surface area contributed by atoms with Gasteiger partial charge in [0.05, 0.1) is 49.3 Å². The summed E-state index contributed by atoms with van der Waals surface area (Å²) in [5.74, 6) is -0.0621. The molecule has 2 unspecified atom stereocenters. The van der Waals surface area contributed by atoms with Crippen molar-refractivity contribution in [2.45, 2.75) is 64.9 Å². The molecule has 10 nitrogen and oxygen atoms in total. The van der Waals surface area contributed by atoms with Gasteiger partial charge in [0, 0.05) is 13.0 Å². The van der Waals surface area contributed by atoms with E-state index in [9.17, 15) is 14.4 Å². The summed E-state index contributed by atoms with van der Waals surface area (Å²) in [4.78, 5) is 42.2. The van der Waals surface area contributed by atoms with Crippen molar-refractivity contribution in [3.8, 4) is 0 Å². The number of hydrogen-bond donors (Lipinski definition) is 0. The maximum absolute atomic E-state index is 12.7. The molecule has 3 aliphatic heterocycles. The summed E-state index contributed by atoms with van der Waals surface area (Å²) in [7, 11) is 0. The second kappa shape index (κ2) is 6.93. The van der Waals surface area contributed by atoms with Crippen molar-refractivity contribution in [1.82, 2.24) is 19.6 Å². The van der Waals surface area contributed by atoms with Crippen LogP contribution in [0.3, 0.4) is 0 Å². The Labute approximate surface area is 169 Å². The molecule has 29 heavy (non-hydrogen) atoms. The number of carbonyl (C=O) groups excluding carboxylic acids is 3. The number of aromatic nitrogens is 2. The standard InChI is InChI=1S/C19H27N5O5/c1-12-9-24-15(11-22(12)18(27)29-19(2,3)4)14(8-20-24)23-10-13(7-16(23)25)21-5-6-28-17(21)26/h8,12-13H,5-7,9-11H2,1-4H3. The number of carbonyl (C=O) groups is 3. The van der Waals surface area contributed by atoms with Crippen LogP contribution in [0.25, 0.3) is 0 Å². The van der Waals surface area contributed by atoms with Gasteiger partial charge in [0.1, 0.15) is 12.2 Å². The molecule has 0 aromatic carbocycles. The van der Waals surface area contributed by atoms with Crippen molar-refractivity contribution in [2.24, 2.45) is 0 Å². The van der Waals surface area contributed by atoms with Crippen LogP contribution in [0.2, 0.25) is 0 Å². The minimum Gasteiger partial charge on any atom is -0.448 e. The van der Waals surface area contributed by atoms with Crippen LogP contribution in [0.4, 0.5) is 15.3 Å². The summed E-state index contributed by atoms with van der Waals surface area (Å²) >= 11 is 0. The molecule has 10 heteroatoms. The van der Waals surface area contributed by atoms with E-state index in [0.717, 1.165) is 5.69 Å². The van der Waals surface area contributed by atoms with Crippen LogP contribution in [0, 0.1) is 0 Å². The second-order valence-corrected chi connectivity index (χ2v) is 8.79. The molecule has 3 amide bonds. The SMILES string of the molecule is CC1Cn2ncc(N3CC(N4CCOC4=O)CC3=O)c2CN1C(=O)OC(C)(C)C. The van der Waals surface area contributed by atoms with Crippen LogP contribution >= 0.6 is 0 Å². The summed E-state index contributed by atoms with van der Waals surface area (Å²) < 4.78 is 12.4. The lowest BCUT2D eigenvalue weighted by Gasteiger charge is -2.36. The lowest BCUT2D eigenvalue weighted by Crippen LogP contribution is -2.47. The topological polar surface area (TPSA) is 97.2 Å². The molecular weight excluding hydrogens is 378 g/mol. The van der Waals surface area contributed by atoms with E-state index in [-0.39, 0.29) is 36.6 Å². The Morgan fingerprint density at radius 2 is 2.03 bits per heavy atom. The van der Waals surface area contributed by atoms with Crippen molar-refractivity contribution in [1.29, 1.82) is 0 Å². The minimum absolute atomic E-state index is 0.0621. The summed E-state index contributed by atoms with van der Waals surface area (Å²) in [6, 6.07) is -0.288. The van der Waals surface area contributed by atoms with E-state index in [2.05, 4.69) is 5.10 Å². The normalized spacial score (nSPS) is 24.8. The minimum atomic E-state index is -0.584. The highest BCUT2D eigenvalue weighted by Gasteiger charge is 2.41. The van der Waals surface area contributed by atoms with Crippen LogP contribution in [0.15, 0.2) is 6.20 Å². The molecule has 0 aliphatic carbocycles. The van der Waals surface area contributed by atoms with Gasteiger partial charge in [-0.3, -0.25) is 19.3 Å². The van der Waals surface area contributed by atoms with Crippen molar-refractivity contribution in [3.63, 3.8) is 0 Å². The average molecular weight is 405 g/mol. The van der Waals surface area contributed by atoms with E-state index < -0.39 is 5.60 Å². The lowest BCUT2D eigenvalue weighted by molar-refractivity contribution is -0.117. The molecule has 1 aromatic rings. The first-order valence-corrected chi connectivity index (χ1v) is 9.92. The van der Waals surface area contributed by atoms with E-state index in [1.165, 1.54) is 0 Å². The van der Waals surface area contributed by atoms with Crippen LogP contribution < -0.4 is 4.90 Å². The second-order valence-electron chi connectivity index (χ2n) is 8.79. The summed E-state index contributed by atoms with van der Waals surface area (Å²) in [5, 5.41) is 4.43. The molecule has 0 bridgehead atoms. The van der Waals surface area contributed by atoms with Crippen LogP contribution in [0.5, 0.6) is 0 Å². The molecule has 2 atom stereocenters. The molecule has 4 heterocycles. The van der Waals surface area contributed by atoms with E-state index in [0.29, 0.717) is 38.5 Å². The smallest absolute Gasteiger partial charge is 0.410 e. The predicted octanol–water partition coefficient (Wildman–Crippen LogP) is 1.58. The molecule has 3 aliphatic rings. The van der Waals surface area contributed by atoms with Gasteiger partial charge in [-0.15, -0.1) is 0 Å². The van der Waals surface area contributed by atoms with E-state index in [1.807, 2.05) is 32.4 Å². The zero-order chi connectivity index (χ0) is 20.9. The third kappa shape index (κ3) is 3.63. The average Bonchev–Trinajstić information content (AvgIpc) is 3.30. The predicted molar refractivity (Wildman–Crippen MR) is 102 cm³/mol. The molecular formula is C19H27N5O5. The lowest BCUT2D eigenvalue weighted by atomic mass is 10.2. The summed E-state index contributed by atoms with van der Waals surface area (Å²) in [6.07, 6.45) is 1.18. The highest BCUT2D eigenvalue weighted by molar-refractivity contribution is 5.97. The molecule has 4 rings (SSSR count).